The first-order chi connectivity index (χ1) is 7.12. The van der Waals surface area contributed by atoms with E-state index in [4.69, 9.17) is 14.2 Å². The minimum atomic E-state index is -1.50. The number of hydrogen-bond donors (Lipinski definition) is 1. The molecule has 5 heteroatoms. The quantitative estimate of drug-likeness (QED) is 0.433. The van der Waals surface area contributed by atoms with Gasteiger partial charge in [0.15, 0.2) is 8.69 Å². The number of hydrogen-bond acceptors (Lipinski definition) is 3. The van der Waals surface area contributed by atoms with Gasteiger partial charge in [0.05, 0.1) is 6.61 Å². The van der Waals surface area contributed by atoms with Crippen molar-refractivity contribution in [3.8, 4) is 0 Å². The van der Waals surface area contributed by atoms with E-state index >= 15 is 0 Å². The third kappa shape index (κ3) is 15.9. The van der Waals surface area contributed by atoms with Gasteiger partial charge in [-0.05, 0) is 18.8 Å². The van der Waals surface area contributed by atoms with E-state index in [9.17, 15) is 4.79 Å². The highest BCUT2D eigenvalue weighted by Gasteiger charge is 2.06. The molecule has 0 fully saturated rings. The average molecular weight is 234 g/mol. The summed E-state index contributed by atoms with van der Waals surface area (Å²) >= 11 is 0. The number of rotatable bonds is 6. The van der Waals surface area contributed by atoms with Gasteiger partial charge in [-0.3, -0.25) is 9.36 Å². The first-order valence-electron chi connectivity index (χ1n) is 4.55. The molecule has 88 valence electrons. The van der Waals surface area contributed by atoms with Gasteiger partial charge < -0.3 is 9.63 Å². The molecule has 0 saturated carbocycles. The predicted molar refractivity (Wildman–Crippen MR) is 62.4 cm³/mol. The summed E-state index contributed by atoms with van der Waals surface area (Å²) < 4.78 is 13.4. The lowest BCUT2D eigenvalue weighted by atomic mass is 10.0. The molecule has 0 rings (SSSR count). The van der Waals surface area contributed by atoms with Crippen LogP contribution in [0, 0.1) is 5.92 Å². The Morgan fingerprint density at radius 2 is 1.87 bits per heavy atom. The summed E-state index contributed by atoms with van der Waals surface area (Å²) in [6, 6.07) is 0. The molecule has 0 aromatic heterocycles. The van der Waals surface area contributed by atoms with Gasteiger partial charge in [0.25, 0.3) is 0 Å². The van der Waals surface area contributed by atoms with E-state index in [-0.39, 0.29) is 5.97 Å². The second-order valence-corrected chi connectivity index (χ2v) is 3.03. The lowest BCUT2D eigenvalue weighted by Gasteiger charge is -2.11. The van der Waals surface area contributed by atoms with E-state index < -0.39 is 8.69 Å². The molecule has 4 nitrogen and oxygen atoms in total. The van der Waals surface area contributed by atoms with Crippen LogP contribution in [0.2, 0.25) is 0 Å². The molecule has 0 heterocycles. The van der Waals surface area contributed by atoms with Crippen molar-refractivity contribution in [2.24, 2.45) is 5.92 Å². The van der Waals surface area contributed by atoms with Crippen molar-refractivity contribution in [2.75, 3.05) is 6.61 Å². The third-order valence-corrected chi connectivity index (χ3v) is 1.52. The van der Waals surface area contributed by atoms with Gasteiger partial charge in [-0.25, -0.2) is 0 Å². The standard InChI is InChI=1S/C10H16O2.H3O2P/c1-4-6-10(7-5-2)8-12-9(3)11;1-3-2/h4-5,10H,1-2,6-8H2,3H3;3H2,(H,1,2). The molecule has 0 bridgehead atoms. The Morgan fingerprint density at radius 1 is 1.47 bits per heavy atom. The number of carbonyl (C=O) groups excluding carboxylic acids is 1. The van der Waals surface area contributed by atoms with Crippen molar-refractivity contribution in [3.63, 3.8) is 0 Å². The van der Waals surface area contributed by atoms with E-state index in [2.05, 4.69) is 13.2 Å². The van der Waals surface area contributed by atoms with Gasteiger partial charge >= 0.3 is 5.97 Å². The van der Waals surface area contributed by atoms with Crippen LogP contribution in [0.4, 0.5) is 0 Å². The maximum atomic E-state index is 10.5. The number of carbonyl (C=O) groups is 1. The molecule has 0 spiro atoms. The van der Waals surface area contributed by atoms with Gasteiger partial charge in [-0.15, -0.1) is 13.2 Å². The third-order valence-electron chi connectivity index (χ3n) is 1.52. The van der Waals surface area contributed by atoms with Crippen molar-refractivity contribution in [3.05, 3.63) is 25.3 Å². The summed E-state index contributed by atoms with van der Waals surface area (Å²) in [6.45, 7) is 9.15. The fourth-order valence-corrected chi connectivity index (χ4v) is 0.939. The molecule has 0 aromatic carbocycles. The summed E-state index contributed by atoms with van der Waals surface area (Å²) in [4.78, 5) is 17.6. The molecular weight excluding hydrogens is 215 g/mol. The molecule has 0 aliphatic rings. The van der Waals surface area contributed by atoms with Crippen LogP contribution in [0.25, 0.3) is 0 Å². The Kier molecular flexibility index (Phi) is 14.5. The molecule has 0 radical (unpaired) electrons. The highest BCUT2D eigenvalue weighted by atomic mass is 31.1. The Hall–Kier alpha value is -0.860. The highest BCUT2D eigenvalue weighted by Crippen LogP contribution is 2.10. The average Bonchev–Trinajstić information content (AvgIpc) is 2.16. The van der Waals surface area contributed by atoms with Gasteiger partial charge in [0.1, 0.15) is 0 Å². The predicted octanol–water partition coefficient (Wildman–Crippen LogP) is 1.97. The highest BCUT2D eigenvalue weighted by molar-refractivity contribution is 7.16. The van der Waals surface area contributed by atoms with Crippen LogP contribution in [-0.2, 0) is 14.1 Å². The summed E-state index contributed by atoms with van der Waals surface area (Å²) in [5, 5.41) is 0. The largest absolute Gasteiger partial charge is 0.466 e. The van der Waals surface area contributed by atoms with Crippen molar-refractivity contribution in [2.45, 2.75) is 19.8 Å². The second-order valence-electron chi connectivity index (χ2n) is 2.82. The number of esters is 1. The smallest absolute Gasteiger partial charge is 0.302 e. The molecule has 15 heavy (non-hydrogen) atoms. The van der Waals surface area contributed by atoms with E-state index in [1.54, 1.807) is 0 Å². The zero-order valence-electron chi connectivity index (χ0n) is 9.02. The first kappa shape index (κ1) is 16.6. The lowest BCUT2D eigenvalue weighted by molar-refractivity contribution is -0.142. The van der Waals surface area contributed by atoms with Crippen LogP contribution >= 0.6 is 8.69 Å². The Labute approximate surface area is 91.9 Å². The van der Waals surface area contributed by atoms with Crippen LogP contribution < -0.4 is 0 Å². The maximum absolute atomic E-state index is 10.5. The molecular formula is C10H19O4P. The van der Waals surface area contributed by atoms with Crippen molar-refractivity contribution in [1.29, 1.82) is 0 Å². The molecule has 0 aromatic rings. The van der Waals surface area contributed by atoms with Gasteiger partial charge in [-0.1, -0.05) is 12.2 Å². The monoisotopic (exact) mass is 234 g/mol. The van der Waals surface area contributed by atoms with Crippen LogP contribution in [0.3, 0.4) is 0 Å². The van der Waals surface area contributed by atoms with E-state index in [1.165, 1.54) is 6.92 Å². The molecule has 1 unspecified atom stereocenters. The van der Waals surface area contributed by atoms with Crippen LogP contribution in [0.5, 0.6) is 0 Å². The molecule has 1 atom stereocenters. The summed E-state index contributed by atoms with van der Waals surface area (Å²) in [6.07, 6.45) is 5.38. The second kappa shape index (κ2) is 13.1. The molecule has 1 N–H and O–H groups in total. The fraction of sp³-hybridized carbons (Fsp3) is 0.500. The topological polar surface area (TPSA) is 63.6 Å². The minimum Gasteiger partial charge on any atom is -0.466 e. The van der Waals surface area contributed by atoms with Gasteiger partial charge in [0, 0.05) is 6.92 Å². The van der Waals surface area contributed by atoms with Gasteiger partial charge in [0.2, 0.25) is 0 Å². The van der Waals surface area contributed by atoms with Crippen molar-refractivity contribution < 1.29 is 19.0 Å². The SMILES string of the molecule is C=CCC(CC=C)COC(C)=O.O=[PH2]O. The van der Waals surface area contributed by atoms with Crippen LogP contribution in [0.15, 0.2) is 25.3 Å². The molecule has 0 amide bonds. The maximum Gasteiger partial charge on any atom is 0.302 e. The zero-order chi connectivity index (χ0) is 12.1. The number of ether oxygens (including phenoxy) is 1. The zero-order valence-corrected chi connectivity index (χ0v) is 10.2. The molecule has 0 aliphatic heterocycles. The Balaban J connectivity index is 0. The van der Waals surface area contributed by atoms with Gasteiger partial charge in [-0.2, -0.15) is 0 Å². The van der Waals surface area contributed by atoms with E-state index in [1.807, 2.05) is 12.2 Å². The Bertz CT molecular complexity index is 194. The van der Waals surface area contributed by atoms with Crippen molar-refractivity contribution in [1.82, 2.24) is 0 Å². The lowest BCUT2D eigenvalue weighted by Crippen LogP contribution is -2.10. The van der Waals surface area contributed by atoms with E-state index in [0.29, 0.717) is 12.5 Å². The fourth-order valence-electron chi connectivity index (χ4n) is 0.939. The normalized spacial score (nSPS) is 9.53. The number of allylic oxidation sites excluding steroid dienone is 2. The van der Waals surface area contributed by atoms with Crippen LogP contribution in [-0.4, -0.2) is 17.5 Å². The van der Waals surface area contributed by atoms with Crippen molar-refractivity contribution >= 4 is 14.7 Å². The first-order valence-corrected chi connectivity index (χ1v) is 5.54. The van der Waals surface area contributed by atoms with Crippen LogP contribution in [0.1, 0.15) is 19.8 Å². The Morgan fingerprint density at radius 3 is 2.13 bits per heavy atom. The molecule has 0 saturated heterocycles. The summed E-state index contributed by atoms with van der Waals surface area (Å²) in [7, 11) is -1.50. The molecule has 0 aliphatic carbocycles. The minimum absolute atomic E-state index is 0.229. The summed E-state index contributed by atoms with van der Waals surface area (Å²) in [5.74, 6) is 0.108. The summed E-state index contributed by atoms with van der Waals surface area (Å²) in [5.41, 5.74) is 0. The van der Waals surface area contributed by atoms with E-state index in [0.717, 1.165) is 12.8 Å².